The molecular weight excluding hydrogens is 305 g/mol. The van der Waals surface area contributed by atoms with Crippen LogP contribution in [0.4, 0.5) is 4.79 Å². The van der Waals surface area contributed by atoms with Crippen molar-refractivity contribution in [3.63, 3.8) is 0 Å². The fourth-order valence-corrected chi connectivity index (χ4v) is 3.57. The van der Waals surface area contributed by atoms with E-state index in [0.717, 1.165) is 0 Å². The topological polar surface area (TPSA) is 73.9 Å². The summed E-state index contributed by atoms with van der Waals surface area (Å²) in [5.74, 6) is -0.0470. The summed E-state index contributed by atoms with van der Waals surface area (Å²) in [7, 11) is -3.49. The van der Waals surface area contributed by atoms with Gasteiger partial charge < -0.3 is 19.1 Å². The van der Waals surface area contributed by atoms with E-state index < -0.39 is 25.3 Å². The summed E-state index contributed by atoms with van der Waals surface area (Å²) in [6.07, 6.45) is -0.591. The van der Waals surface area contributed by atoms with Crippen LogP contribution in [-0.4, -0.2) is 30.9 Å². The van der Waals surface area contributed by atoms with Gasteiger partial charge in [0.2, 0.25) is 0 Å². The lowest BCUT2D eigenvalue weighted by Crippen LogP contribution is -2.42. The summed E-state index contributed by atoms with van der Waals surface area (Å²) in [6, 6.07) is -0.571. The molecule has 7 heteroatoms. The Labute approximate surface area is 134 Å². The van der Waals surface area contributed by atoms with Crippen LogP contribution in [-0.2, 0) is 18.3 Å². The third-order valence-electron chi connectivity index (χ3n) is 2.65. The Morgan fingerprint density at radius 3 is 1.95 bits per heavy atom. The Morgan fingerprint density at radius 1 is 1.18 bits per heavy atom. The van der Waals surface area contributed by atoms with E-state index >= 15 is 0 Å². The van der Waals surface area contributed by atoms with E-state index in [1.165, 1.54) is 0 Å². The first-order valence-corrected chi connectivity index (χ1v) is 9.09. The number of rotatable bonds is 8. The molecule has 0 bridgehead atoms. The fraction of sp³-hybridized carbons (Fsp3) is 0.800. The molecule has 1 N–H and O–H groups in total. The van der Waals surface area contributed by atoms with E-state index in [9.17, 15) is 9.36 Å². The number of hydrogen-bond acceptors (Lipinski definition) is 5. The van der Waals surface area contributed by atoms with Crippen molar-refractivity contribution < 1.29 is 23.1 Å². The minimum Gasteiger partial charge on any atom is -0.444 e. The second-order valence-corrected chi connectivity index (χ2v) is 8.28. The molecule has 0 radical (unpaired) electrons. The minimum absolute atomic E-state index is 0.0470. The van der Waals surface area contributed by atoms with Gasteiger partial charge in [-0.25, -0.2) is 4.79 Å². The van der Waals surface area contributed by atoms with Crippen molar-refractivity contribution in [3.8, 4) is 0 Å². The molecule has 130 valence electrons. The third kappa shape index (κ3) is 6.95. The maximum Gasteiger partial charge on any atom is 0.408 e. The maximum absolute atomic E-state index is 12.8. The summed E-state index contributed by atoms with van der Waals surface area (Å²) in [4.78, 5) is 12.0. The molecule has 0 saturated heterocycles. The van der Waals surface area contributed by atoms with Gasteiger partial charge in [-0.15, -0.1) is 0 Å². The highest BCUT2D eigenvalue weighted by atomic mass is 31.2. The van der Waals surface area contributed by atoms with Crippen LogP contribution in [0, 0.1) is 5.92 Å². The number of nitrogens with one attached hydrogen (secondary N) is 1. The van der Waals surface area contributed by atoms with Gasteiger partial charge in [-0.2, -0.15) is 0 Å². The van der Waals surface area contributed by atoms with Gasteiger partial charge in [0.25, 0.3) is 0 Å². The van der Waals surface area contributed by atoms with Crippen molar-refractivity contribution in [1.29, 1.82) is 0 Å². The van der Waals surface area contributed by atoms with Gasteiger partial charge in [0, 0.05) is 0 Å². The third-order valence-corrected chi connectivity index (χ3v) is 4.83. The van der Waals surface area contributed by atoms with E-state index in [1.54, 1.807) is 34.6 Å². The smallest absolute Gasteiger partial charge is 0.408 e. The molecular formula is C15H30NO5P. The Kier molecular flexibility index (Phi) is 8.37. The van der Waals surface area contributed by atoms with Crippen LogP contribution in [0.25, 0.3) is 0 Å². The summed E-state index contributed by atoms with van der Waals surface area (Å²) in [5.41, 5.74) is -0.615. The lowest BCUT2D eigenvalue weighted by Gasteiger charge is -2.30. The molecule has 6 nitrogen and oxygen atoms in total. The molecule has 0 aliphatic carbocycles. The van der Waals surface area contributed by atoms with Crippen molar-refractivity contribution in [2.45, 2.75) is 60.1 Å². The number of carbonyl (C=O) groups is 1. The SMILES string of the molecule is C=C(C(NC(=O)OC(C)(C)C)C(C)C)P(=O)(OCC)OCC. The molecule has 0 rings (SSSR count). The van der Waals surface area contributed by atoms with Crippen LogP contribution >= 0.6 is 7.60 Å². The largest absolute Gasteiger partial charge is 0.444 e. The zero-order chi connectivity index (χ0) is 17.6. The van der Waals surface area contributed by atoms with Gasteiger partial charge in [-0.1, -0.05) is 20.4 Å². The number of ether oxygens (including phenoxy) is 1. The Bertz CT molecular complexity index is 418. The predicted molar refractivity (Wildman–Crippen MR) is 88.0 cm³/mol. The van der Waals surface area contributed by atoms with Gasteiger partial charge in [0.1, 0.15) is 5.60 Å². The average molecular weight is 335 g/mol. The molecule has 0 saturated carbocycles. The lowest BCUT2D eigenvalue weighted by atomic mass is 10.0. The number of hydrogen-bond donors (Lipinski definition) is 1. The van der Waals surface area contributed by atoms with Crippen molar-refractivity contribution in [3.05, 3.63) is 11.9 Å². The number of amides is 1. The summed E-state index contributed by atoms with van der Waals surface area (Å²) in [5, 5.41) is 2.94. The molecule has 0 spiro atoms. The molecule has 0 heterocycles. The van der Waals surface area contributed by atoms with E-state index in [2.05, 4.69) is 11.9 Å². The number of alkyl carbamates (subject to hydrolysis) is 1. The first kappa shape index (κ1) is 21.2. The van der Waals surface area contributed by atoms with Gasteiger partial charge in [-0.3, -0.25) is 4.57 Å². The highest BCUT2D eigenvalue weighted by molar-refractivity contribution is 7.58. The van der Waals surface area contributed by atoms with Crippen LogP contribution in [0.15, 0.2) is 11.9 Å². The highest BCUT2D eigenvalue weighted by Crippen LogP contribution is 2.57. The molecule has 0 aliphatic rings. The van der Waals surface area contributed by atoms with Crippen molar-refractivity contribution in [2.24, 2.45) is 5.92 Å². The van der Waals surface area contributed by atoms with Crippen LogP contribution in [0.2, 0.25) is 0 Å². The quantitative estimate of drug-likeness (QED) is 0.669. The molecule has 1 atom stereocenters. The van der Waals surface area contributed by atoms with Gasteiger partial charge in [0.15, 0.2) is 0 Å². The van der Waals surface area contributed by atoms with Crippen molar-refractivity contribution >= 4 is 13.7 Å². The van der Waals surface area contributed by atoms with Gasteiger partial charge in [-0.05, 0) is 40.5 Å². The average Bonchev–Trinajstić information content (AvgIpc) is 2.33. The highest BCUT2D eigenvalue weighted by Gasteiger charge is 2.36. The van der Waals surface area contributed by atoms with Gasteiger partial charge in [0.05, 0.1) is 24.6 Å². The fourth-order valence-electron chi connectivity index (χ4n) is 1.78. The molecule has 0 fully saturated rings. The molecule has 0 aromatic carbocycles. The number of carbonyl (C=O) groups excluding carboxylic acids is 1. The maximum atomic E-state index is 12.8. The zero-order valence-corrected chi connectivity index (χ0v) is 15.7. The Morgan fingerprint density at radius 2 is 1.64 bits per heavy atom. The first-order valence-electron chi connectivity index (χ1n) is 7.54. The standard InChI is InChI=1S/C15H30NO5P/c1-9-19-22(18,20-10-2)12(5)13(11(3)4)16-14(17)21-15(6,7)8/h11,13H,5,9-10H2,1-4,6-8H3,(H,16,17). The second-order valence-electron chi connectivity index (χ2n) is 6.19. The molecule has 1 unspecified atom stereocenters. The molecule has 22 heavy (non-hydrogen) atoms. The second kappa shape index (κ2) is 8.70. The normalized spacial score (nSPS) is 13.8. The summed E-state index contributed by atoms with van der Waals surface area (Å²) >= 11 is 0. The zero-order valence-electron chi connectivity index (χ0n) is 14.8. The molecule has 0 aromatic heterocycles. The van der Waals surface area contributed by atoms with Crippen molar-refractivity contribution in [1.82, 2.24) is 5.32 Å². The lowest BCUT2D eigenvalue weighted by molar-refractivity contribution is 0.0502. The first-order chi connectivity index (χ1) is 9.96. The van der Waals surface area contributed by atoms with Gasteiger partial charge >= 0.3 is 13.7 Å². The van der Waals surface area contributed by atoms with Crippen molar-refractivity contribution in [2.75, 3.05) is 13.2 Å². The molecule has 1 amide bonds. The van der Waals surface area contributed by atoms with Crippen LogP contribution < -0.4 is 5.32 Å². The summed E-state index contributed by atoms with van der Waals surface area (Å²) in [6.45, 7) is 16.9. The van der Waals surface area contributed by atoms with Crippen LogP contribution in [0.1, 0.15) is 48.5 Å². The Hall–Kier alpha value is -0.840. The molecule has 0 aliphatic heterocycles. The van der Waals surface area contributed by atoms with E-state index in [4.69, 9.17) is 13.8 Å². The Balaban J connectivity index is 5.19. The van der Waals surface area contributed by atoms with Crippen LogP contribution in [0.3, 0.4) is 0 Å². The predicted octanol–water partition coefficient (Wildman–Crippen LogP) is 4.32. The monoisotopic (exact) mass is 335 g/mol. The summed E-state index contributed by atoms with van der Waals surface area (Å²) < 4.78 is 28.6. The minimum atomic E-state index is -3.49. The van der Waals surface area contributed by atoms with E-state index in [-0.39, 0.29) is 24.4 Å². The van der Waals surface area contributed by atoms with E-state index in [1.807, 2.05) is 13.8 Å². The molecule has 0 aromatic rings. The van der Waals surface area contributed by atoms with Crippen LogP contribution in [0.5, 0.6) is 0 Å². The van der Waals surface area contributed by atoms with E-state index in [0.29, 0.717) is 0 Å².